The van der Waals surface area contributed by atoms with Gasteiger partial charge in [-0.3, -0.25) is 0 Å². The Balaban J connectivity index is 2.13. The number of nitrogens with zero attached hydrogens (tertiary/aromatic N) is 4. The number of hydrogen-bond acceptors (Lipinski definition) is 6. The Bertz CT molecular complexity index is 721. The Hall–Kier alpha value is -1.49. The molecule has 0 atom stereocenters. The fourth-order valence-electron chi connectivity index (χ4n) is 1.61. The summed E-state index contributed by atoms with van der Waals surface area (Å²) in [4.78, 5) is 7.14. The Kier molecular flexibility index (Phi) is 4.33. The zero-order valence-corrected chi connectivity index (χ0v) is 12.5. The van der Waals surface area contributed by atoms with E-state index < -0.39 is 27.5 Å². The van der Waals surface area contributed by atoms with Gasteiger partial charge in [0.2, 0.25) is 0 Å². The van der Waals surface area contributed by atoms with Gasteiger partial charge in [-0.05, 0) is 6.92 Å². The van der Waals surface area contributed by atoms with Crippen molar-refractivity contribution < 1.29 is 21.6 Å². The van der Waals surface area contributed by atoms with Crippen molar-refractivity contribution in [2.75, 3.05) is 0 Å². The Morgan fingerprint density at radius 1 is 1.33 bits per heavy atom. The first kappa shape index (κ1) is 15.9. The van der Waals surface area contributed by atoms with Crippen LogP contribution in [0.1, 0.15) is 23.4 Å². The monoisotopic (exact) mass is 340 g/mol. The van der Waals surface area contributed by atoms with E-state index in [2.05, 4.69) is 15.1 Å². The zero-order valence-electron chi connectivity index (χ0n) is 10.8. The van der Waals surface area contributed by atoms with Gasteiger partial charge in [-0.25, -0.2) is 23.1 Å². The number of rotatable bonds is 5. The predicted molar refractivity (Wildman–Crippen MR) is 69.1 cm³/mol. The van der Waals surface area contributed by atoms with Crippen molar-refractivity contribution in [2.45, 2.75) is 31.2 Å². The van der Waals surface area contributed by atoms with E-state index in [1.807, 2.05) is 0 Å². The van der Waals surface area contributed by atoms with E-state index in [4.69, 9.17) is 0 Å². The van der Waals surface area contributed by atoms with Crippen molar-refractivity contribution in [3.8, 4) is 0 Å². The van der Waals surface area contributed by atoms with Crippen molar-refractivity contribution >= 4 is 21.2 Å². The molecule has 11 heteroatoms. The summed E-state index contributed by atoms with van der Waals surface area (Å²) in [6, 6.07) is 0. The molecule has 0 aliphatic carbocycles. The minimum absolute atomic E-state index is 0.0927. The number of halogens is 3. The van der Waals surface area contributed by atoms with Gasteiger partial charge in [0.1, 0.15) is 28.7 Å². The molecule has 21 heavy (non-hydrogen) atoms. The van der Waals surface area contributed by atoms with Crippen LogP contribution in [0, 0.1) is 0 Å². The van der Waals surface area contributed by atoms with Crippen LogP contribution in [0.25, 0.3) is 0 Å². The number of thiazole rings is 1. The van der Waals surface area contributed by atoms with Crippen molar-refractivity contribution in [1.82, 2.24) is 19.7 Å². The topological polar surface area (TPSA) is 77.7 Å². The van der Waals surface area contributed by atoms with Crippen LogP contribution in [0.4, 0.5) is 13.2 Å². The molecule has 0 spiro atoms. The first-order valence-corrected chi connectivity index (χ1v) is 8.50. The molecule has 0 fully saturated rings. The van der Waals surface area contributed by atoms with Crippen LogP contribution < -0.4 is 0 Å². The van der Waals surface area contributed by atoms with Crippen LogP contribution in [0.2, 0.25) is 0 Å². The maximum absolute atomic E-state index is 12.4. The molecule has 6 nitrogen and oxygen atoms in total. The molecule has 0 N–H and O–H groups in total. The number of aryl methyl sites for hydroxylation is 1. The molecule has 0 aromatic carbocycles. The zero-order chi connectivity index (χ0) is 15.7. The molecule has 0 aliphatic rings. The predicted octanol–water partition coefficient (Wildman–Crippen LogP) is 1.89. The molecule has 0 bridgehead atoms. The van der Waals surface area contributed by atoms with E-state index in [0.29, 0.717) is 17.9 Å². The molecule has 2 rings (SSSR count). The molecule has 0 unspecified atom stereocenters. The van der Waals surface area contributed by atoms with Crippen molar-refractivity contribution in [3.05, 3.63) is 28.2 Å². The van der Waals surface area contributed by atoms with E-state index in [1.54, 1.807) is 6.92 Å². The lowest BCUT2D eigenvalue weighted by Crippen LogP contribution is -2.13. The lowest BCUT2D eigenvalue weighted by Gasteiger charge is -2.04. The highest BCUT2D eigenvalue weighted by atomic mass is 32.2. The second-order valence-electron chi connectivity index (χ2n) is 4.15. The Morgan fingerprint density at radius 3 is 2.62 bits per heavy atom. The highest BCUT2D eigenvalue weighted by Crippen LogP contribution is 2.30. The SMILES string of the molecule is CCn1ncnc1CS(=O)(=O)Cc1nc(C(F)(F)F)cs1. The van der Waals surface area contributed by atoms with E-state index in [1.165, 1.54) is 11.0 Å². The van der Waals surface area contributed by atoms with Crippen molar-refractivity contribution in [2.24, 2.45) is 0 Å². The largest absolute Gasteiger partial charge is 0.434 e. The number of aromatic nitrogens is 4. The summed E-state index contributed by atoms with van der Waals surface area (Å²) in [7, 11) is -3.67. The first-order valence-electron chi connectivity index (χ1n) is 5.80. The standard InChI is InChI=1S/C10H11F3N4O2S2/c1-2-17-8(14-6-15-17)4-21(18,19)5-9-16-7(3-20-9)10(11,12)13/h3,6H,2,4-5H2,1H3. The van der Waals surface area contributed by atoms with Gasteiger partial charge in [-0.1, -0.05) is 0 Å². The summed E-state index contributed by atoms with van der Waals surface area (Å²) in [5.41, 5.74) is -1.07. The average Bonchev–Trinajstić information content (AvgIpc) is 2.96. The lowest BCUT2D eigenvalue weighted by molar-refractivity contribution is -0.140. The van der Waals surface area contributed by atoms with Crippen LogP contribution in [-0.4, -0.2) is 28.2 Å². The lowest BCUT2D eigenvalue weighted by atomic mass is 10.5. The van der Waals surface area contributed by atoms with Crippen LogP contribution in [0.5, 0.6) is 0 Å². The molecule has 0 aliphatic heterocycles. The van der Waals surface area contributed by atoms with Crippen molar-refractivity contribution in [1.29, 1.82) is 0 Å². The van der Waals surface area contributed by atoms with Gasteiger partial charge in [-0.15, -0.1) is 11.3 Å². The van der Waals surface area contributed by atoms with E-state index in [0.717, 1.165) is 5.38 Å². The Labute approximate surface area is 122 Å². The molecular formula is C10H11F3N4O2S2. The van der Waals surface area contributed by atoms with Gasteiger partial charge in [0.25, 0.3) is 0 Å². The maximum Gasteiger partial charge on any atom is 0.434 e. The molecular weight excluding hydrogens is 329 g/mol. The van der Waals surface area contributed by atoms with Crippen LogP contribution >= 0.6 is 11.3 Å². The number of hydrogen-bond donors (Lipinski definition) is 0. The fraction of sp³-hybridized carbons (Fsp3) is 0.500. The molecule has 2 aromatic rings. The summed E-state index contributed by atoms with van der Waals surface area (Å²) >= 11 is 0.673. The Morgan fingerprint density at radius 2 is 2.05 bits per heavy atom. The van der Waals surface area contributed by atoms with E-state index >= 15 is 0 Å². The number of alkyl halides is 3. The summed E-state index contributed by atoms with van der Waals surface area (Å²) in [5.74, 6) is -0.684. The van der Waals surface area contributed by atoms with Gasteiger partial charge in [-0.2, -0.15) is 18.3 Å². The third-order valence-corrected chi connectivity index (χ3v) is 4.97. The van der Waals surface area contributed by atoms with Crippen molar-refractivity contribution in [3.63, 3.8) is 0 Å². The molecule has 2 heterocycles. The summed E-state index contributed by atoms with van der Waals surface area (Å²) < 4.78 is 62.6. The second kappa shape index (κ2) is 5.72. The maximum atomic E-state index is 12.4. The number of sulfone groups is 1. The molecule has 0 radical (unpaired) electrons. The summed E-state index contributed by atoms with van der Waals surface area (Å²) in [5, 5.41) is 4.55. The molecule has 0 saturated carbocycles. The first-order chi connectivity index (χ1) is 9.71. The summed E-state index contributed by atoms with van der Waals surface area (Å²) in [6.07, 6.45) is -3.33. The van der Waals surface area contributed by atoms with Crippen LogP contribution in [0.3, 0.4) is 0 Å². The smallest absolute Gasteiger partial charge is 0.249 e. The molecule has 0 amide bonds. The van der Waals surface area contributed by atoms with Gasteiger partial charge in [0.15, 0.2) is 15.5 Å². The normalized spacial score (nSPS) is 12.8. The fourth-order valence-corrected chi connectivity index (χ4v) is 4.16. The average molecular weight is 340 g/mol. The summed E-state index contributed by atoms with van der Waals surface area (Å²) in [6.45, 7) is 2.24. The third kappa shape index (κ3) is 4.00. The van der Waals surface area contributed by atoms with Crippen LogP contribution in [0.15, 0.2) is 11.7 Å². The highest BCUT2D eigenvalue weighted by molar-refractivity contribution is 7.89. The minimum atomic E-state index is -4.57. The van der Waals surface area contributed by atoms with E-state index in [9.17, 15) is 21.6 Å². The van der Waals surface area contributed by atoms with Gasteiger partial charge in [0.05, 0.1) is 0 Å². The molecule has 2 aromatic heterocycles. The van der Waals surface area contributed by atoms with Gasteiger partial charge in [0, 0.05) is 11.9 Å². The highest BCUT2D eigenvalue weighted by Gasteiger charge is 2.34. The van der Waals surface area contributed by atoms with Crippen LogP contribution in [-0.2, 0) is 34.1 Å². The van der Waals surface area contributed by atoms with Gasteiger partial charge >= 0.3 is 6.18 Å². The third-order valence-electron chi connectivity index (χ3n) is 2.53. The minimum Gasteiger partial charge on any atom is -0.249 e. The quantitative estimate of drug-likeness (QED) is 0.830. The second-order valence-corrected chi connectivity index (χ2v) is 7.16. The molecule has 0 saturated heterocycles. The van der Waals surface area contributed by atoms with E-state index in [-0.39, 0.29) is 16.6 Å². The molecule has 116 valence electrons. The van der Waals surface area contributed by atoms with Gasteiger partial charge < -0.3 is 0 Å².